The minimum absolute atomic E-state index is 0.778. The second-order valence-electron chi connectivity index (χ2n) is 3.29. The molecule has 14 heavy (non-hydrogen) atoms. The van der Waals surface area contributed by atoms with Crippen LogP contribution >= 0.6 is 0 Å². The Hall–Kier alpha value is -1.81. The molecule has 0 aliphatic heterocycles. The molecule has 68 valence electrons. The number of benzene rings is 2. The minimum Gasteiger partial charge on any atom is -0.192 e. The van der Waals surface area contributed by atoms with Gasteiger partial charge in [0.1, 0.15) is 0 Å². The quantitative estimate of drug-likeness (QED) is 0.662. The molecule has 2 aromatic rings. The lowest BCUT2D eigenvalue weighted by Gasteiger charge is -2.05. The van der Waals surface area contributed by atoms with Gasteiger partial charge in [-0.3, -0.25) is 0 Å². The summed E-state index contributed by atoms with van der Waals surface area (Å²) in [7, 11) is 0. The lowest BCUT2D eigenvalue weighted by Crippen LogP contribution is -1.86. The van der Waals surface area contributed by atoms with E-state index < -0.39 is 0 Å². The molecule has 1 nitrogen and oxygen atoms in total. The highest BCUT2D eigenvalue weighted by molar-refractivity contribution is 5.90. The molecule has 0 bridgehead atoms. The Morgan fingerprint density at radius 1 is 1.14 bits per heavy atom. The van der Waals surface area contributed by atoms with Crippen molar-refractivity contribution in [2.24, 2.45) is 0 Å². The molecule has 0 atom stereocenters. The van der Waals surface area contributed by atoms with Crippen molar-refractivity contribution in [3.8, 4) is 6.07 Å². The second kappa shape index (κ2) is 3.51. The lowest BCUT2D eigenvalue weighted by molar-refractivity contribution is 1.16. The van der Waals surface area contributed by atoms with E-state index in [1.807, 2.05) is 18.2 Å². The number of fused-ring (bicyclic) bond motifs is 1. The summed E-state index contributed by atoms with van der Waals surface area (Å²) < 4.78 is 0. The number of aryl methyl sites for hydroxylation is 1. The number of hydrogen-bond acceptors (Lipinski definition) is 1. The van der Waals surface area contributed by atoms with E-state index in [9.17, 15) is 0 Å². The van der Waals surface area contributed by atoms with Crippen LogP contribution in [0.15, 0.2) is 36.4 Å². The monoisotopic (exact) mass is 181 g/mol. The zero-order valence-electron chi connectivity index (χ0n) is 8.12. The van der Waals surface area contributed by atoms with Crippen LogP contribution in [0.3, 0.4) is 0 Å². The fourth-order valence-electron chi connectivity index (χ4n) is 1.81. The molecule has 0 heterocycles. The van der Waals surface area contributed by atoms with Gasteiger partial charge >= 0.3 is 0 Å². The smallest absolute Gasteiger partial charge is 0.0998 e. The SMILES string of the molecule is CCc1cccc2cccc(C#N)c12. The van der Waals surface area contributed by atoms with Crippen molar-refractivity contribution < 1.29 is 0 Å². The topological polar surface area (TPSA) is 23.8 Å². The van der Waals surface area contributed by atoms with Gasteiger partial charge in [0.05, 0.1) is 11.6 Å². The number of nitrogens with zero attached hydrogens (tertiary/aromatic N) is 1. The van der Waals surface area contributed by atoms with Gasteiger partial charge in [0.2, 0.25) is 0 Å². The van der Waals surface area contributed by atoms with Crippen molar-refractivity contribution >= 4 is 10.8 Å². The number of hydrogen-bond donors (Lipinski definition) is 0. The molecule has 1 heteroatoms. The van der Waals surface area contributed by atoms with Crippen LogP contribution in [0.1, 0.15) is 18.1 Å². The maximum absolute atomic E-state index is 9.01. The molecule has 0 aliphatic carbocycles. The van der Waals surface area contributed by atoms with Crippen molar-refractivity contribution in [1.82, 2.24) is 0 Å². The molecule has 0 fully saturated rings. The Kier molecular flexibility index (Phi) is 2.20. The Labute approximate surface area is 83.6 Å². The summed E-state index contributed by atoms with van der Waals surface area (Å²) in [6.07, 6.45) is 0.968. The summed E-state index contributed by atoms with van der Waals surface area (Å²) in [5.74, 6) is 0. The van der Waals surface area contributed by atoms with E-state index >= 15 is 0 Å². The molecule has 0 amide bonds. The van der Waals surface area contributed by atoms with Crippen LogP contribution in [0.2, 0.25) is 0 Å². The van der Waals surface area contributed by atoms with E-state index in [0.29, 0.717) is 0 Å². The molecule has 0 saturated heterocycles. The first-order valence-electron chi connectivity index (χ1n) is 4.77. The Morgan fingerprint density at radius 3 is 2.50 bits per heavy atom. The van der Waals surface area contributed by atoms with Crippen LogP contribution < -0.4 is 0 Å². The molecule has 0 aromatic heterocycles. The van der Waals surface area contributed by atoms with Crippen LogP contribution in [-0.2, 0) is 6.42 Å². The summed E-state index contributed by atoms with van der Waals surface area (Å²) in [6, 6.07) is 14.3. The van der Waals surface area contributed by atoms with Gasteiger partial charge in [-0.1, -0.05) is 37.3 Å². The fraction of sp³-hybridized carbons (Fsp3) is 0.154. The molecule has 0 spiro atoms. The highest BCUT2D eigenvalue weighted by Gasteiger charge is 2.03. The van der Waals surface area contributed by atoms with Crippen LogP contribution in [0, 0.1) is 11.3 Å². The Balaban J connectivity index is 2.90. The number of nitriles is 1. The third-order valence-corrected chi connectivity index (χ3v) is 2.49. The first-order chi connectivity index (χ1) is 6.86. The van der Waals surface area contributed by atoms with E-state index in [-0.39, 0.29) is 0 Å². The molecule has 0 unspecified atom stereocenters. The van der Waals surface area contributed by atoms with Crippen LogP contribution in [-0.4, -0.2) is 0 Å². The zero-order valence-corrected chi connectivity index (χ0v) is 8.12. The van der Waals surface area contributed by atoms with E-state index in [1.165, 1.54) is 5.56 Å². The lowest BCUT2D eigenvalue weighted by atomic mass is 9.98. The minimum atomic E-state index is 0.778. The maximum Gasteiger partial charge on any atom is 0.0998 e. The summed E-state index contributed by atoms with van der Waals surface area (Å²) >= 11 is 0. The average Bonchev–Trinajstić information content (AvgIpc) is 2.27. The van der Waals surface area contributed by atoms with Gasteiger partial charge in [0.25, 0.3) is 0 Å². The van der Waals surface area contributed by atoms with E-state index in [0.717, 1.165) is 22.8 Å². The standard InChI is InChI=1S/C13H11N/c1-2-10-5-3-6-11-7-4-8-12(9-14)13(10)11/h3-8H,2H2,1H3. The van der Waals surface area contributed by atoms with Gasteiger partial charge in [-0.25, -0.2) is 0 Å². The third kappa shape index (κ3) is 1.25. The predicted molar refractivity (Wildman–Crippen MR) is 58.0 cm³/mol. The Bertz CT molecular complexity index is 501. The van der Waals surface area contributed by atoms with E-state index in [1.54, 1.807) is 0 Å². The van der Waals surface area contributed by atoms with Gasteiger partial charge in [-0.05, 0) is 23.4 Å². The molecule has 0 saturated carbocycles. The summed E-state index contributed by atoms with van der Waals surface area (Å²) in [4.78, 5) is 0. The molecule has 0 N–H and O–H groups in total. The molecule has 0 radical (unpaired) electrons. The summed E-state index contributed by atoms with van der Waals surface area (Å²) in [5.41, 5.74) is 2.03. The Morgan fingerprint density at radius 2 is 1.86 bits per heavy atom. The van der Waals surface area contributed by atoms with Crippen LogP contribution in [0.25, 0.3) is 10.8 Å². The van der Waals surface area contributed by atoms with Crippen molar-refractivity contribution in [2.75, 3.05) is 0 Å². The van der Waals surface area contributed by atoms with Crippen molar-refractivity contribution in [2.45, 2.75) is 13.3 Å². The second-order valence-corrected chi connectivity index (χ2v) is 3.29. The van der Waals surface area contributed by atoms with Crippen LogP contribution in [0.5, 0.6) is 0 Å². The molecular weight excluding hydrogens is 170 g/mol. The molecule has 0 aliphatic rings. The highest BCUT2D eigenvalue weighted by atomic mass is 14.2. The van der Waals surface area contributed by atoms with E-state index in [2.05, 4.69) is 31.2 Å². The normalized spacial score (nSPS) is 10.0. The van der Waals surface area contributed by atoms with Gasteiger partial charge in [-0.15, -0.1) is 0 Å². The first kappa shape index (κ1) is 8.77. The predicted octanol–water partition coefficient (Wildman–Crippen LogP) is 3.27. The van der Waals surface area contributed by atoms with Gasteiger partial charge < -0.3 is 0 Å². The summed E-state index contributed by atoms with van der Waals surface area (Å²) in [5, 5.41) is 11.3. The maximum atomic E-state index is 9.01. The molecule has 2 aromatic carbocycles. The highest BCUT2D eigenvalue weighted by Crippen LogP contribution is 2.22. The van der Waals surface area contributed by atoms with Gasteiger partial charge in [0, 0.05) is 5.39 Å². The van der Waals surface area contributed by atoms with Crippen molar-refractivity contribution in [1.29, 1.82) is 5.26 Å². The fourth-order valence-corrected chi connectivity index (χ4v) is 1.81. The van der Waals surface area contributed by atoms with Crippen LogP contribution in [0.4, 0.5) is 0 Å². The summed E-state index contributed by atoms with van der Waals surface area (Å²) in [6.45, 7) is 2.11. The van der Waals surface area contributed by atoms with Gasteiger partial charge in [0.15, 0.2) is 0 Å². The van der Waals surface area contributed by atoms with Crippen molar-refractivity contribution in [3.05, 3.63) is 47.5 Å². The van der Waals surface area contributed by atoms with Crippen molar-refractivity contribution in [3.63, 3.8) is 0 Å². The first-order valence-corrected chi connectivity index (χ1v) is 4.77. The zero-order chi connectivity index (χ0) is 9.97. The average molecular weight is 181 g/mol. The third-order valence-electron chi connectivity index (χ3n) is 2.49. The van der Waals surface area contributed by atoms with E-state index in [4.69, 9.17) is 5.26 Å². The number of rotatable bonds is 1. The largest absolute Gasteiger partial charge is 0.192 e. The molecular formula is C13H11N. The molecule has 2 rings (SSSR count). The van der Waals surface area contributed by atoms with Gasteiger partial charge in [-0.2, -0.15) is 5.26 Å².